The summed E-state index contributed by atoms with van der Waals surface area (Å²) < 4.78 is 7.53. The molecule has 2 saturated heterocycles. The molecule has 1 amide bonds. The summed E-state index contributed by atoms with van der Waals surface area (Å²) in [5, 5.41) is 1.19. The fourth-order valence-corrected chi connectivity index (χ4v) is 4.12. The first kappa shape index (κ1) is 16.6. The number of carbonyl (C=O) groups excluding carboxylic acids is 1. The first-order chi connectivity index (χ1) is 12.3. The Bertz CT molecular complexity index is 721. The quantitative estimate of drug-likeness (QED) is 0.857. The molecular weight excluding hydrogens is 314 g/mol. The van der Waals surface area contributed by atoms with E-state index < -0.39 is 0 Å². The maximum Gasteiger partial charge on any atom is 0.242 e. The summed E-state index contributed by atoms with van der Waals surface area (Å²) in [5.74, 6) is 0.249. The van der Waals surface area contributed by atoms with Crippen LogP contribution in [0.2, 0.25) is 0 Å². The molecule has 4 rings (SSSR count). The lowest BCUT2D eigenvalue weighted by molar-refractivity contribution is -0.136. The highest BCUT2D eigenvalue weighted by Crippen LogP contribution is 2.21. The second-order valence-electron chi connectivity index (χ2n) is 7.15. The van der Waals surface area contributed by atoms with E-state index >= 15 is 0 Å². The van der Waals surface area contributed by atoms with Gasteiger partial charge in [0.05, 0.1) is 13.2 Å². The third-order valence-corrected chi connectivity index (χ3v) is 5.51. The van der Waals surface area contributed by atoms with Gasteiger partial charge in [-0.1, -0.05) is 18.2 Å². The van der Waals surface area contributed by atoms with E-state index in [1.54, 1.807) is 0 Å². The van der Waals surface area contributed by atoms with E-state index in [-0.39, 0.29) is 5.91 Å². The second-order valence-corrected chi connectivity index (χ2v) is 7.15. The monoisotopic (exact) mass is 341 g/mol. The summed E-state index contributed by atoms with van der Waals surface area (Å²) >= 11 is 0. The number of morpholine rings is 1. The van der Waals surface area contributed by atoms with Crippen LogP contribution in [-0.4, -0.2) is 65.7 Å². The predicted molar refractivity (Wildman–Crippen MR) is 98.5 cm³/mol. The number of para-hydroxylation sites is 1. The summed E-state index contributed by atoms with van der Waals surface area (Å²) in [6.45, 7) is 5.93. The minimum Gasteiger partial charge on any atom is -0.379 e. The van der Waals surface area contributed by atoms with Gasteiger partial charge in [-0.15, -0.1) is 0 Å². The number of amides is 1. The van der Waals surface area contributed by atoms with Crippen LogP contribution < -0.4 is 0 Å². The molecule has 5 heteroatoms. The number of carbonyl (C=O) groups is 1. The number of piperidine rings is 1. The van der Waals surface area contributed by atoms with Crippen LogP contribution in [0.5, 0.6) is 0 Å². The summed E-state index contributed by atoms with van der Waals surface area (Å²) in [5.41, 5.74) is 1.14. The van der Waals surface area contributed by atoms with Crippen molar-refractivity contribution in [3.63, 3.8) is 0 Å². The Kier molecular flexibility index (Phi) is 5.04. The van der Waals surface area contributed by atoms with Crippen LogP contribution >= 0.6 is 0 Å². The van der Waals surface area contributed by atoms with Crippen LogP contribution in [-0.2, 0) is 16.1 Å². The fraction of sp³-hybridized carbons (Fsp3) is 0.550. The SMILES string of the molecule is O=C(Cn1ccc2ccccc21)N1CCCC[C@H]1CN1CCOCC1. The lowest BCUT2D eigenvalue weighted by Crippen LogP contribution is -2.52. The molecule has 0 spiro atoms. The number of likely N-dealkylation sites (tertiary alicyclic amines) is 1. The van der Waals surface area contributed by atoms with E-state index in [1.807, 2.05) is 18.3 Å². The molecule has 1 atom stereocenters. The summed E-state index contributed by atoms with van der Waals surface area (Å²) in [6.07, 6.45) is 5.50. The highest BCUT2D eigenvalue weighted by atomic mass is 16.5. The van der Waals surface area contributed by atoms with Gasteiger partial charge in [0.25, 0.3) is 0 Å². The Hall–Kier alpha value is -1.85. The van der Waals surface area contributed by atoms with E-state index in [0.717, 1.165) is 57.8 Å². The number of hydrogen-bond donors (Lipinski definition) is 0. The van der Waals surface area contributed by atoms with Crippen molar-refractivity contribution in [3.05, 3.63) is 36.5 Å². The molecule has 0 N–H and O–H groups in total. The Labute approximate surface area is 149 Å². The summed E-state index contributed by atoms with van der Waals surface area (Å²) in [7, 11) is 0. The zero-order valence-corrected chi connectivity index (χ0v) is 14.8. The largest absolute Gasteiger partial charge is 0.379 e. The smallest absolute Gasteiger partial charge is 0.242 e. The van der Waals surface area contributed by atoms with E-state index in [2.05, 4.69) is 32.6 Å². The van der Waals surface area contributed by atoms with Crippen molar-refractivity contribution in [3.8, 4) is 0 Å². The van der Waals surface area contributed by atoms with Crippen molar-refractivity contribution in [1.82, 2.24) is 14.4 Å². The molecule has 2 aliphatic heterocycles. The van der Waals surface area contributed by atoms with Gasteiger partial charge in [0.1, 0.15) is 6.54 Å². The first-order valence-electron chi connectivity index (χ1n) is 9.45. The number of ether oxygens (including phenoxy) is 1. The first-order valence-corrected chi connectivity index (χ1v) is 9.45. The molecule has 0 unspecified atom stereocenters. The Balaban J connectivity index is 1.45. The van der Waals surface area contributed by atoms with E-state index in [9.17, 15) is 4.79 Å². The Morgan fingerprint density at radius 1 is 1.08 bits per heavy atom. The Morgan fingerprint density at radius 2 is 1.92 bits per heavy atom. The van der Waals surface area contributed by atoms with Gasteiger partial charge in [0.15, 0.2) is 0 Å². The van der Waals surface area contributed by atoms with Crippen molar-refractivity contribution in [2.45, 2.75) is 31.8 Å². The summed E-state index contributed by atoms with van der Waals surface area (Å²) in [6, 6.07) is 10.7. The number of hydrogen-bond acceptors (Lipinski definition) is 3. The Morgan fingerprint density at radius 3 is 2.80 bits per heavy atom. The zero-order chi connectivity index (χ0) is 17.1. The molecule has 0 bridgehead atoms. The molecular formula is C20H27N3O2. The molecule has 2 aliphatic rings. The highest BCUT2D eigenvalue weighted by Gasteiger charge is 2.28. The number of nitrogens with zero attached hydrogens (tertiary/aromatic N) is 3. The average Bonchev–Trinajstić information content (AvgIpc) is 3.06. The van der Waals surface area contributed by atoms with Crippen LogP contribution in [0.15, 0.2) is 36.5 Å². The van der Waals surface area contributed by atoms with Crippen LogP contribution in [0, 0.1) is 0 Å². The van der Waals surface area contributed by atoms with Crippen molar-refractivity contribution in [2.75, 3.05) is 39.4 Å². The molecule has 3 heterocycles. The zero-order valence-electron chi connectivity index (χ0n) is 14.8. The van der Waals surface area contributed by atoms with Crippen LogP contribution in [0.25, 0.3) is 10.9 Å². The van der Waals surface area contributed by atoms with Gasteiger partial charge >= 0.3 is 0 Å². The van der Waals surface area contributed by atoms with Crippen molar-refractivity contribution in [2.24, 2.45) is 0 Å². The van der Waals surface area contributed by atoms with E-state index in [0.29, 0.717) is 12.6 Å². The molecule has 134 valence electrons. The standard InChI is InChI=1S/C20H27N3O2/c24-20(16-22-10-8-17-5-1-2-7-19(17)22)23-9-4-3-6-18(23)15-21-11-13-25-14-12-21/h1-2,5,7-8,10,18H,3-4,6,9,11-16H2/t18-/m0/s1. The fourth-order valence-electron chi connectivity index (χ4n) is 4.12. The van der Waals surface area contributed by atoms with Gasteiger partial charge in [0, 0.05) is 43.9 Å². The third kappa shape index (κ3) is 3.72. The minimum atomic E-state index is 0.249. The normalized spacial score (nSPS) is 22.4. The van der Waals surface area contributed by atoms with Crippen LogP contribution in [0.4, 0.5) is 0 Å². The van der Waals surface area contributed by atoms with Crippen LogP contribution in [0.3, 0.4) is 0 Å². The van der Waals surface area contributed by atoms with E-state index in [4.69, 9.17) is 4.74 Å². The molecule has 0 saturated carbocycles. The summed E-state index contributed by atoms with van der Waals surface area (Å²) in [4.78, 5) is 17.6. The lowest BCUT2D eigenvalue weighted by atomic mass is 10.0. The number of benzene rings is 1. The maximum atomic E-state index is 13.0. The molecule has 25 heavy (non-hydrogen) atoms. The van der Waals surface area contributed by atoms with Gasteiger partial charge in [-0.25, -0.2) is 0 Å². The molecule has 1 aromatic heterocycles. The third-order valence-electron chi connectivity index (χ3n) is 5.51. The van der Waals surface area contributed by atoms with Crippen LogP contribution in [0.1, 0.15) is 19.3 Å². The molecule has 0 radical (unpaired) electrons. The van der Waals surface area contributed by atoms with Gasteiger partial charge in [-0.3, -0.25) is 9.69 Å². The molecule has 1 aromatic carbocycles. The minimum absolute atomic E-state index is 0.249. The van der Waals surface area contributed by atoms with Crippen molar-refractivity contribution in [1.29, 1.82) is 0 Å². The second kappa shape index (κ2) is 7.58. The molecule has 2 aromatic rings. The van der Waals surface area contributed by atoms with E-state index in [1.165, 1.54) is 11.8 Å². The molecule has 0 aliphatic carbocycles. The molecule has 5 nitrogen and oxygen atoms in total. The predicted octanol–water partition coefficient (Wildman–Crippen LogP) is 2.35. The van der Waals surface area contributed by atoms with Gasteiger partial charge < -0.3 is 14.2 Å². The van der Waals surface area contributed by atoms with Crippen molar-refractivity contribution < 1.29 is 9.53 Å². The highest BCUT2D eigenvalue weighted by molar-refractivity contribution is 5.83. The molecule has 2 fully saturated rings. The topological polar surface area (TPSA) is 37.7 Å². The van der Waals surface area contributed by atoms with Gasteiger partial charge in [-0.05, 0) is 36.8 Å². The average molecular weight is 341 g/mol. The maximum absolute atomic E-state index is 13.0. The number of rotatable bonds is 4. The van der Waals surface area contributed by atoms with Gasteiger partial charge in [-0.2, -0.15) is 0 Å². The van der Waals surface area contributed by atoms with Crippen molar-refractivity contribution >= 4 is 16.8 Å². The number of aromatic nitrogens is 1. The van der Waals surface area contributed by atoms with Gasteiger partial charge in [0.2, 0.25) is 5.91 Å². The number of fused-ring (bicyclic) bond motifs is 1. The lowest BCUT2D eigenvalue weighted by Gasteiger charge is -2.39.